The molecule has 2 aromatic heterocycles. The topological polar surface area (TPSA) is 70.5 Å². The zero-order valence-corrected chi connectivity index (χ0v) is 5.03. The van der Waals surface area contributed by atoms with Gasteiger partial charge in [-0.05, 0) is 22.5 Å². The van der Waals surface area contributed by atoms with Crippen molar-refractivity contribution in [1.82, 2.24) is 20.3 Å². The van der Waals surface area contributed by atoms with Gasteiger partial charge in [0.1, 0.15) is 0 Å². The van der Waals surface area contributed by atoms with Crippen molar-refractivity contribution >= 4 is 23.5 Å². The van der Waals surface area contributed by atoms with Crippen LogP contribution in [0.15, 0.2) is 4.63 Å². The van der Waals surface area contributed by atoms with E-state index in [9.17, 15) is 0 Å². The first-order valence-electron chi connectivity index (χ1n) is 2.27. The van der Waals surface area contributed by atoms with Crippen molar-refractivity contribution in [2.75, 3.05) is 0 Å². The molecule has 6 heteroatoms. The van der Waals surface area contributed by atoms with Gasteiger partial charge in [-0.1, -0.05) is 0 Å². The maximum absolute atomic E-state index is 4.73. The molecule has 0 aliphatic heterocycles. The highest BCUT2D eigenvalue weighted by atomic mass is 32.1. The second kappa shape index (κ2) is 1.41. The molecule has 0 amide bonds. The molecule has 0 unspecified atom stereocenters. The molecule has 0 aliphatic rings. The largest absolute Gasteiger partial charge is 0.311 e. The Morgan fingerprint density at radius 2 is 1.78 bits per heavy atom. The summed E-state index contributed by atoms with van der Waals surface area (Å²) in [7, 11) is 0. The van der Waals surface area contributed by atoms with Crippen molar-refractivity contribution in [2.45, 2.75) is 0 Å². The van der Waals surface area contributed by atoms with E-state index in [-0.39, 0.29) is 0 Å². The molecule has 0 bridgehead atoms. The van der Waals surface area contributed by atoms with Crippen molar-refractivity contribution < 1.29 is 4.63 Å². The summed E-state index contributed by atoms with van der Waals surface area (Å²) in [6, 6.07) is 0. The van der Waals surface area contributed by atoms with E-state index in [1.807, 2.05) is 0 Å². The highest BCUT2D eigenvalue weighted by molar-refractivity contribution is 7.71. The number of hydrogen-bond donors (Lipinski definition) is 2. The minimum atomic E-state index is 0.510. The first-order valence-corrected chi connectivity index (χ1v) is 2.67. The van der Waals surface area contributed by atoms with E-state index in [0.29, 0.717) is 16.1 Å². The SMILES string of the molecule is S=c1[nH]c2nonc2[nH]1. The molecule has 0 spiro atoms. The molecule has 0 fully saturated rings. The van der Waals surface area contributed by atoms with Crippen LogP contribution in [0.25, 0.3) is 11.3 Å². The van der Waals surface area contributed by atoms with Crippen LogP contribution in [0.4, 0.5) is 0 Å². The molecule has 9 heavy (non-hydrogen) atoms. The number of rotatable bonds is 0. The van der Waals surface area contributed by atoms with Gasteiger partial charge < -0.3 is 9.97 Å². The first kappa shape index (κ1) is 4.68. The van der Waals surface area contributed by atoms with Crippen molar-refractivity contribution in [2.24, 2.45) is 0 Å². The van der Waals surface area contributed by atoms with Crippen LogP contribution in [0.3, 0.4) is 0 Å². The van der Waals surface area contributed by atoms with Crippen molar-refractivity contribution in [3.8, 4) is 0 Å². The third-order valence-electron chi connectivity index (χ3n) is 0.952. The van der Waals surface area contributed by atoms with Gasteiger partial charge in [0.2, 0.25) is 11.3 Å². The summed E-state index contributed by atoms with van der Waals surface area (Å²) in [5.41, 5.74) is 1.11. The zero-order valence-electron chi connectivity index (χ0n) is 4.21. The van der Waals surface area contributed by atoms with Crippen LogP contribution in [0.2, 0.25) is 0 Å². The summed E-state index contributed by atoms with van der Waals surface area (Å²) < 4.78 is 4.86. The Morgan fingerprint density at radius 1 is 1.22 bits per heavy atom. The summed E-state index contributed by atoms with van der Waals surface area (Å²) in [5, 5.41) is 7.00. The van der Waals surface area contributed by atoms with Crippen LogP contribution in [0, 0.1) is 4.77 Å². The van der Waals surface area contributed by atoms with Gasteiger partial charge in [0, 0.05) is 0 Å². The first-order chi connectivity index (χ1) is 4.36. The molecule has 0 aliphatic carbocycles. The lowest BCUT2D eigenvalue weighted by molar-refractivity contribution is 0.313. The summed E-state index contributed by atoms with van der Waals surface area (Å²) >= 11 is 4.73. The average Bonchev–Trinajstić information content (AvgIpc) is 2.22. The predicted molar refractivity (Wildman–Crippen MR) is 31.3 cm³/mol. The van der Waals surface area contributed by atoms with Crippen LogP contribution >= 0.6 is 12.2 Å². The third kappa shape index (κ3) is 0.563. The molecule has 2 N–H and O–H groups in total. The van der Waals surface area contributed by atoms with E-state index < -0.39 is 0 Å². The highest BCUT2D eigenvalue weighted by Gasteiger charge is 1.98. The number of imidazole rings is 1. The quantitative estimate of drug-likeness (QED) is 0.528. The van der Waals surface area contributed by atoms with Gasteiger partial charge >= 0.3 is 0 Å². The summed E-state index contributed by atoms with van der Waals surface area (Å²) in [6.07, 6.45) is 0. The van der Waals surface area contributed by atoms with Crippen LogP contribution in [0.1, 0.15) is 0 Å². The molecule has 2 rings (SSSR count). The normalized spacial score (nSPS) is 10.7. The maximum Gasteiger partial charge on any atom is 0.221 e. The lowest BCUT2D eigenvalue weighted by Gasteiger charge is -1.62. The predicted octanol–water partition coefficient (Wildman–Crippen LogP) is 0.608. The average molecular weight is 142 g/mol. The van der Waals surface area contributed by atoms with E-state index in [2.05, 4.69) is 24.9 Å². The number of H-pyrrole nitrogens is 2. The molecule has 2 heterocycles. The third-order valence-corrected chi connectivity index (χ3v) is 1.16. The fraction of sp³-hybridized carbons (Fsp3) is 0. The van der Waals surface area contributed by atoms with E-state index in [1.54, 1.807) is 0 Å². The zero-order chi connectivity index (χ0) is 6.27. The monoisotopic (exact) mass is 142 g/mol. The molecule has 2 aromatic rings. The fourth-order valence-corrected chi connectivity index (χ4v) is 0.792. The van der Waals surface area contributed by atoms with Gasteiger partial charge in [-0.15, -0.1) is 0 Å². The molecular weight excluding hydrogens is 140 g/mol. The number of aromatic nitrogens is 4. The van der Waals surface area contributed by atoms with Gasteiger partial charge in [0.05, 0.1) is 0 Å². The van der Waals surface area contributed by atoms with E-state index in [0.717, 1.165) is 0 Å². The molecule has 0 atom stereocenters. The number of nitrogens with zero attached hydrogens (tertiary/aromatic N) is 2. The Labute approximate surface area is 54.0 Å². The fourth-order valence-electron chi connectivity index (χ4n) is 0.599. The second-order valence-electron chi connectivity index (χ2n) is 1.54. The molecule has 0 saturated carbocycles. The van der Waals surface area contributed by atoms with Gasteiger partial charge in [0.15, 0.2) is 4.77 Å². The standard InChI is InChI=1S/C3H2N4OS/c9-3-4-1-2(5-3)7-8-6-1/h(H2,4,5,6,7,9). The van der Waals surface area contributed by atoms with Crippen LogP contribution in [0.5, 0.6) is 0 Å². The highest BCUT2D eigenvalue weighted by Crippen LogP contribution is 2.00. The maximum atomic E-state index is 4.73. The summed E-state index contributed by atoms with van der Waals surface area (Å²) in [4.78, 5) is 5.46. The van der Waals surface area contributed by atoms with Gasteiger partial charge in [-0.25, -0.2) is 4.63 Å². The Kier molecular flexibility index (Phi) is 0.734. The van der Waals surface area contributed by atoms with Gasteiger partial charge in [-0.2, -0.15) is 0 Å². The lowest BCUT2D eigenvalue weighted by Crippen LogP contribution is -1.64. The molecule has 0 saturated heterocycles. The lowest BCUT2D eigenvalue weighted by atomic mass is 10.8. The Bertz CT molecular complexity index is 338. The van der Waals surface area contributed by atoms with Gasteiger partial charge in [-0.3, -0.25) is 0 Å². The molecular formula is C3H2N4OS. The molecule has 5 nitrogen and oxygen atoms in total. The van der Waals surface area contributed by atoms with E-state index in [4.69, 9.17) is 12.2 Å². The minimum Gasteiger partial charge on any atom is -0.311 e. The van der Waals surface area contributed by atoms with Gasteiger partial charge in [0.25, 0.3) is 0 Å². The van der Waals surface area contributed by atoms with Crippen molar-refractivity contribution in [3.05, 3.63) is 4.77 Å². The van der Waals surface area contributed by atoms with Crippen LogP contribution in [-0.4, -0.2) is 20.3 Å². The van der Waals surface area contributed by atoms with Crippen LogP contribution in [-0.2, 0) is 0 Å². The van der Waals surface area contributed by atoms with E-state index >= 15 is 0 Å². The number of aromatic amines is 2. The number of nitrogens with one attached hydrogen (secondary N) is 2. The smallest absolute Gasteiger partial charge is 0.221 e. The number of hydrogen-bond acceptors (Lipinski definition) is 4. The van der Waals surface area contributed by atoms with Crippen LogP contribution < -0.4 is 0 Å². The minimum absolute atomic E-state index is 0.510. The summed E-state index contributed by atoms with van der Waals surface area (Å²) in [5.74, 6) is 0. The second-order valence-corrected chi connectivity index (χ2v) is 1.95. The number of fused-ring (bicyclic) bond motifs is 1. The molecule has 0 radical (unpaired) electrons. The summed E-state index contributed by atoms with van der Waals surface area (Å²) in [6.45, 7) is 0. The Morgan fingerprint density at radius 3 is 2.33 bits per heavy atom. The Balaban J connectivity index is 3.08. The molecule has 46 valence electrons. The molecule has 0 aromatic carbocycles. The Hall–Kier alpha value is -1.17. The van der Waals surface area contributed by atoms with E-state index in [1.165, 1.54) is 0 Å². The van der Waals surface area contributed by atoms with Crippen molar-refractivity contribution in [1.29, 1.82) is 0 Å². The van der Waals surface area contributed by atoms with Crippen molar-refractivity contribution in [3.63, 3.8) is 0 Å².